The zero-order valence-electron chi connectivity index (χ0n) is 15.5. The average molecular weight is 399 g/mol. The van der Waals surface area contributed by atoms with Crippen LogP contribution in [0.25, 0.3) is 5.65 Å². The number of nitrogens with zero attached hydrogens (tertiary/aromatic N) is 4. The van der Waals surface area contributed by atoms with Gasteiger partial charge in [-0.15, -0.1) is 0 Å². The Bertz CT molecular complexity index is 1060. The lowest BCUT2D eigenvalue weighted by atomic mass is 10.2. The van der Waals surface area contributed by atoms with Crippen molar-refractivity contribution in [2.45, 2.75) is 13.3 Å². The summed E-state index contributed by atoms with van der Waals surface area (Å²) in [5.41, 5.74) is 6.39. The number of primary amides is 1. The molecule has 2 heterocycles. The number of aromatic nitrogens is 3. The van der Waals surface area contributed by atoms with Crippen LogP contribution in [0.3, 0.4) is 0 Å². The molecule has 0 saturated carbocycles. The number of carbonyl (C=O) groups excluding carboxylic acids is 3. The zero-order valence-corrected chi connectivity index (χ0v) is 15.5. The highest BCUT2D eigenvalue weighted by Gasteiger charge is 2.23. The molecule has 0 unspecified atom stereocenters. The fourth-order valence-electron chi connectivity index (χ4n) is 2.75. The smallest absolute Gasteiger partial charge is 0.344 e. The molecule has 0 atom stereocenters. The molecule has 29 heavy (non-hydrogen) atoms. The van der Waals surface area contributed by atoms with E-state index in [0.29, 0.717) is 17.0 Å². The Kier molecular flexibility index (Phi) is 5.82. The largest absolute Gasteiger partial charge is 0.452 e. The minimum Gasteiger partial charge on any atom is -0.452 e. The first-order chi connectivity index (χ1) is 13.9. The second-order valence-electron chi connectivity index (χ2n) is 6.16. The van der Waals surface area contributed by atoms with Crippen LogP contribution in [0.1, 0.15) is 22.5 Å². The number of rotatable bonds is 7. The molecule has 2 aromatic heterocycles. The number of hydrogen-bond donors (Lipinski definition) is 1. The summed E-state index contributed by atoms with van der Waals surface area (Å²) >= 11 is 0. The van der Waals surface area contributed by atoms with Gasteiger partial charge in [0, 0.05) is 31.0 Å². The first-order valence-corrected chi connectivity index (χ1v) is 8.68. The zero-order chi connectivity index (χ0) is 21.0. The van der Waals surface area contributed by atoms with Gasteiger partial charge in [0.1, 0.15) is 11.4 Å². The molecule has 150 valence electrons. The van der Waals surface area contributed by atoms with Gasteiger partial charge in [-0.1, -0.05) is 0 Å². The van der Waals surface area contributed by atoms with Crippen molar-refractivity contribution in [2.24, 2.45) is 5.73 Å². The monoisotopic (exact) mass is 399 g/mol. The lowest BCUT2D eigenvalue weighted by molar-refractivity contribution is -0.121. The number of benzene rings is 1. The predicted molar refractivity (Wildman–Crippen MR) is 101 cm³/mol. The number of halogens is 1. The Morgan fingerprint density at radius 1 is 1.24 bits per heavy atom. The normalized spacial score (nSPS) is 10.7. The number of aryl methyl sites for hydroxylation is 1. The number of anilines is 1. The molecule has 0 saturated heterocycles. The van der Waals surface area contributed by atoms with Crippen LogP contribution in [0.2, 0.25) is 0 Å². The molecule has 3 rings (SSSR count). The van der Waals surface area contributed by atoms with E-state index in [9.17, 15) is 18.8 Å². The molecule has 2 N–H and O–H groups in total. The van der Waals surface area contributed by atoms with Crippen molar-refractivity contribution in [3.63, 3.8) is 0 Å². The maximum atomic E-state index is 13.2. The maximum Gasteiger partial charge on any atom is 0.344 e. The average Bonchev–Trinajstić information content (AvgIpc) is 3.03. The third-order valence-electron chi connectivity index (χ3n) is 4.12. The van der Waals surface area contributed by atoms with Crippen molar-refractivity contribution < 1.29 is 23.5 Å². The van der Waals surface area contributed by atoms with Crippen LogP contribution in [-0.2, 0) is 14.3 Å². The van der Waals surface area contributed by atoms with Gasteiger partial charge in [-0.05, 0) is 37.3 Å². The molecule has 2 amide bonds. The van der Waals surface area contributed by atoms with E-state index in [1.807, 2.05) is 0 Å². The maximum absolute atomic E-state index is 13.2. The fourth-order valence-corrected chi connectivity index (χ4v) is 2.75. The fraction of sp³-hybridized carbons (Fsp3) is 0.211. The number of ether oxygens (including phenoxy) is 1. The summed E-state index contributed by atoms with van der Waals surface area (Å²) in [7, 11) is 0. The summed E-state index contributed by atoms with van der Waals surface area (Å²) in [5.74, 6) is -2.42. The third-order valence-corrected chi connectivity index (χ3v) is 4.12. The highest BCUT2D eigenvalue weighted by atomic mass is 19.1. The molecule has 0 bridgehead atoms. The van der Waals surface area contributed by atoms with E-state index in [4.69, 9.17) is 10.5 Å². The molecule has 3 aromatic rings. The van der Waals surface area contributed by atoms with Gasteiger partial charge < -0.3 is 15.4 Å². The molecular weight excluding hydrogens is 381 g/mol. The molecule has 1 aromatic carbocycles. The van der Waals surface area contributed by atoms with Gasteiger partial charge in [0.25, 0.3) is 5.91 Å². The first kappa shape index (κ1) is 19.9. The lowest BCUT2D eigenvalue weighted by Crippen LogP contribution is -2.37. The summed E-state index contributed by atoms with van der Waals surface area (Å²) < 4.78 is 19.8. The number of esters is 1. The van der Waals surface area contributed by atoms with E-state index in [0.717, 1.165) is 0 Å². The molecule has 0 aliphatic rings. The van der Waals surface area contributed by atoms with E-state index in [1.165, 1.54) is 39.9 Å². The summed E-state index contributed by atoms with van der Waals surface area (Å²) in [5, 5.41) is 4.17. The van der Waals surface area contributed by atoms with Gasteiger partial charge in [-0.2, -0.15) is 5.10 Å². The first-order valence-electron chi connectivity index (χ1n) is 8.68. The van der Waals surface area contributed by atoms with Crippen molar-refractivity contribution in [3.8, 4) is 0 Å². The highest BCUT2D eigenvalue weighted by Crippen LogP contribution is 2.17. The lowest BCUT2D eigenvalue weighted by Gasteiger charge is -2.22. The van der Waals surface area contributed by atoms with Gasteiger partial charge in [0.2, 0.25) is 5.91 Å². The molecule has 0 fully saturated rings. The van der Waals surface area contributed by atoms with E-state index in [-0.39, 0.29) is 18.5 Å². The quantitative estimate of drug-likeness (QED) is 0.597. The van der Waals surface area contributed by atoms with Crippen LogP contribution in [0.5, 0.6) is 0 Å². The van der Waals surface area contributed by atoms with Gasteiger partial charge >= 0.3 is 5.97 Å². The van der Waals surface area contributed by atoms with Gasteiger partial charge in [0.15, 0.2) is 12.3 Å². The van der Waals surface area contributed by atoms with Crippen molar-refractivity contribution in [1.29, 1.82) is 0 Å². The van der Waals surface area contributed by atoms with Crippen LogP contribution < -0.4 is 10.6 Å². The van der Waals surface area contributed by atoms with Crippen molar-refractivity contribution in [3.05, 3.63) is 59.8 Å². The van der Waals surface area contributed by atoms with Gasteiger partial charge in [-0.3, -0.25) is 9.59 Å². The van der Waals surface area contributed by atoms with Crippen molar-refractivity contribution >= 4 is 29.1 Å². The molecule has 0 radical (unpaired) electrons. The predicted octanol–water partition coefficient (Wildman–Crippen LogP) is 1.24. The minimum absolute atomic E-state index is 0.0331. The van der Waals surface area contributed by atoms with Crippen molar-refractivity contribution in [2.75, 3.05) is 18.1 Å². The Morgan fingerprint density at radius 3 is 2.66 bits per heavy atom. The van der Waals surface area contributed by atoms with Gasteiger partial charge in [0.05, 0.1) is 5.69 Å². The van der Waals surface area contributed by atoms with Crippen LogP contribution in [0.4, 0.5) is 10.1 Å². The number of fused-ring (bicyclic) bond motifs is 1. The number of carbonyl (C=O) groups is 3. The molecule has 0 spiro atoms. The number of hydrogen-bond acceptors (Lipinski definition) is 6. The standard InChI is InChI=1S/C19H18FN5O4/c1-12-17(18-22-8-2-9-25(18)23-12)19(28)29-11-16(27)24(10-7-15(21)26)14-5-3-13(20)4-6-14/h2-6,8-9H,7,10-11H2,1H3,(H2,21,26). The van der Waals surface area contributed by atoms with E-state index >= 15 is 0 Å². The Hall–Kier alpha value is -3.82. The second-order valence-corrected chi connectivity index (χ2v) is 6.16. The Balaban J connectivity index is 1.75. The van der Waals surface area contributed by atoms with E-state index < -0.39 is 30.2 Å². The number of amides is 2. The number of nitrogens with two attached hydrogens (primary N) is 1. The minimum atomic E-state index is -0.751. The second kappa shape index (κ2) is 8.46. The van der Waals surface area contributed by atoms with E-state index in [1.54, 1.807) is 19.2 Å². The van der Waals surface area contributed by atoms with E-state index in [2.05, 4.69) is 10.1 Å². The van der Waals surface area contributed by atoms with Crippen LogP contribution in [0.15, 0.2) is 42.7 Å². The Morgan fingerprint density at radius 2 is 1.97 bits per heavy atom. The molecule has 0 aliphatic carbocycles. The summed E-state index contributed by atoms with van der Waals surface area (Å²) in [6.45, 7) is 1.01. The summed E-state index contributed by atoms with van der Waals surface area (Å²) in [4.78, 5) is 41.6. The van der Waals surface area contributed by atoms with Crippen LogP contribution in [-0.4, -0.2) is 45.5 Å². The molecule has 0 aliphatic heterocycles. The molecular formula is C19H18FN5O4. The third kappa shape index (κ3) is 4.54. The van der Waals surface area contributed by atoms with Gasteiger partial charge in [-0.25, -0.2) is 18.7 Å². The SMILES string of the molecule is Cc1nn2cccnc2c1C(=O)OCC(=O)N(CCC(N)=O)c1ccc(F)cc1. The molecule has 9 nitrogen and oxygen atoms in total. The van der Waals surface area contributed by atoms with Crippen molar-refractivity contribution in [1.82, 2.24) is 14.6 Å². The highest BCUT2D eigenvalue weighted by molar-refractivity contribution is 6.00. The molecule has 10 heteroatoms. The summed E-state index contributed by atoms with van der Waals surface area (Å²) in [6.07, 6.45) is 3.05. The topological polar surface area (TPSA) is 120 Å². The van der Waals surface area contributed by atoms with Crippen LogP contribution in [0, 0.1) is 12.7 Å². The Labute approximate surface area is 164 Å². The summed E-state index contributed by atoms with van der Waals surface area (Å²) in [6, 6.07) is 6.79. The van der Waals surface area contributed by atoms with Crippen LogP contribution >= 0.6 is 0 Å².